The van der Waals surface area contributed by atoms with Crippen molar-refractivity contribution in [2.45, 2.75) is 30.4 Å². The highest BCUT2D eigenvalue weighted by Crippen LogP contribution is 2.36. The van der Waals surface area contributed by atoms with Gasteiger partial charge in [0.2, 0.25) is 11.8 Å². The van der Waals surface area contributed by atoms with E-state index in [-0.39, 0.29) is 23.8 Å². The fourth-order valence-electron chi connectivity index (χ4n) is 2.81. The molecule has 0 aliphatic carbocycles. The van der Waals surface area contributed by atoms with Gasteiger partial charge < -0.3 is 5.11 Å². The summed E-state index contributed by atoms with van der Waals surface area (Å²) in [5.41, 5.74) is 2.56. The van der Waals surface area contributed by atoms with E-state index < -0.39 is 11.2 Å². The number of aryl methyl sites for hydroxylation is 2. The predicted octanol–water partition coefficient (Wildman–Crippen LogP) is 3.43. The Morgan fingerprint density at radius 1 is 1.16 bits per heavy atom. The number of nitrogens with zero attached hydrogens (tertiary/aromatic N) is 1. The first kappa shape index (κ1) is 17.2. The number of hydrogen-bond acceptors (Lipinski definition) is 4. The second-order valence-electron chi connectivity index (χ2n) is 5.97. The van der Waals surface area contributed by atoms with Crippen molar-refractivity contribution in [3.63, 3.8) is 0 Å². The topological polar surface area (TPSA) is 74.7 Å². The van der Waals surface area contributed by atoms with Crippen LogP contribution < -0.4 is 4.90 Å². The van der Waals surface area contributed by atoms with E-state index in [9.17, 15) is 19.5 Å². The van der Waals surface area contributed by atoms with E-state index in [2.05, 4.69) is 0 Å². The molecule has 1 unspecified atom stereocenters. The van der Waals surface area contributed by atoms with E-state index in [0.717, 1.165) is 22.9 Å². The lowest BCUT2D eigenvalue weighted by atomic mass is 10.1. The van der Waals surface area contributed by atoms with Crippen molar-refractivity contribution in [2.24, 2.45) is 0 Å². The van der Waals surface area contributed by atoms with Gasteiger partial charge in [-0.2, -0.15) is 0 Å². The van der Waals surface area contributed by atoms with Crippen molar-refractivity contribution in [1.82, 2.24) is 0 Å². The van der Waals surface area contributed by atoms with Crippen LogP contribution in [0.4, 0.5) is 5.69 Å². The molecule has 1 N–H and O–H groups in total. The zero-order valence-electron chi connectivity index (χ0n) is 13.9. The summed E-state index contributed by atoms with van der Waals surface area (Å²) in [6, 6.07) is 12.1. The summed E-state index contributed by atoms with van der Waals surface area (Å²) in [5, 5.41) is 8.66. The van der Waals surface area contributed by atoms with Crippen molar-refractivity contribution < 1.29 is 19.5 Å². The quantitative estimate of drug-likeness (QED) is 0.851. The number of carboxylic acid groups (broad SMARTS) is 1. The number of carbonyl (C=O) groups excluding carboxylic acids is 2. The first-order valence-electron chi connectivity index (χ1n) is 7.81. The summed E-state index contributed by atoms with van der Waals surface area (Å²) in [4.78, 5) is 38.3. The molecule has 2 amide bonds. The summed E-state index contributed by atoms with van der Waals surface area (Å²) in [6.07, 6.45) is 0.0604. The molecule has 0 aromatic heterocycles. The van der Waals surface area contributed by atoms with Crippen LogP contribution in [0.5, 0.6) is 0 Å². The molecule has 6 heteroatoms. The maximum Gasteiger partial charge on any atom is 0.336 e. The van der Waals surface area contributed by atoms with Gasteiger partial charge >= 0.3 is 5.97 Å². The first-order valence-corrected chi connectivity index (χ1v) is 8.69. The highest BCUT2D eigenvalue weighted by molar-refractivity contribution is 8.00. The van der Waals surface area contributed by atoms with E-state index in [1.807, 2.05) is 32.0 Å². The van der Waals surface area contributed by atoms with Crippen molar-refractivity contribution in [2.75, 3.05) is 4.90 Å². The lowest BCUT2D eigenvalue weighted by Crippen LogP contribution is -2.31. The monoisotopic (exact) mass is 355 g/mol. The van der Waals surface area contributed by atoms with E-state index in [1.54, 1.807) is 18.2 Å². The molecule has 0 spiro atoms. The molecular weight excluding hydrogens is 338 g/mol. The third-order valence-electron chi connectivity index (χ3n) is 4.10. The van der Waals surface area contributed by atoms with Gasteiger partial charge in [-0.05, 0) is 43.2 Å². The minimum absolute atomic E-state index is 0.0604. The summed E-state index contributed by atoms with van der Waals surface area (Å²) in [6.45, 7) is 3.76. The molecule has 1 aliphatic heterocycles. The van der Waals surface area contributed by atoms with E-state index in [1.165, 1.54) is 11.0 Å². The summed E-state index contributed by atoms with van der Waals surface area (Å²) in [7, 11) is 0. The molecule has 0 bridgehead atoms. The van der Waals surface area contributed by atoms with Crippen LogP contribution in [0.2, 0.25) is 0 Å². The fourth-order valence-corrected chi connectivity index (χ4v) is 3.99. The molecule has 0 radical (unpaired) electrons. The van der Waals surface area contributed by atoms with Crippen LogP contribution in [0.1, 0.15) is 27.9 Å². The summed E-state index contributed by atoms with van der Waals surface area (Å²) in [5.74, 6) is -1.61. The van der Waals surface area contributed by atoms with Gasteiger partial charge in [-0.3, -0.25) is 9.59 Å². The maximum atomic E-state index is 12.8. The Morgan fingerprint density at radius 3 is 2.60 bits per heavy atom. The highest BCUT2D eigenvalue weighted by atomic mass is 32.2. The number of aromatic carboxylic acids is 1. The average Bonchev–Trinajstić information content (AvgIpc) is 2.84. The fraction of sp³-hybridized carbons (Fsp3) is 0.211. The Balaban J connectivity index is 1.90. The van der Waals surface area contributed by atoms with Crippen molar-refractivity contribution in [1.29, 1.82) is 0 Å². The number of carboxylic acids is 1. The van der Waals surface area contributed by atoms with Crippen LogP contribution in [0.3, 0.4) is 0 Å². The molecule has 2 aromatic carbocycles. The third kappa shape index (κ3) is 3.30. The normalized spacial score (nSPS) is 17.2. The second kappa shape index (κ2) is 6.72. The standard InChI is InChI=1S/C19H17NO4S/c1-11-7-8-12(2)14(9-11)20-17(21)10-16(18(20)22)25-15-6-4-3-5-13(15)19(23)24/h3-9,16H,10H2,1-2H3,(H,23,24). The SMILES string of the molecule is Cc1ccc(C)c(N2C(=O)CC(Sc3ccccc3C(=O)O)C2=O)c1. The zero-order chi connectivity index (χ0) is 18.1. The predicted molar refractivity (Wildman–Crippen MR) is 96.1 cm³/mol. The van der Waals surface area contributed by atoms with Gasteiger partial charge in [-0.1, -0.05) is 24.3 Å². The van der Waals surface area contributed by atoms with Crippen LogP contribution in [-0.4, -0.2) is 28.1 Å². The summed E-state index contributed by atoms with van der Waals surface area (Å²) < 4.78 is 0. The Kier molecular flexibility index (Phi) is 4.63. The van der Waals surface area contributed by atoms with Gasteiger partial charge in [0.25, 0.3) is 0 Å². The molecule has 128 valence electrons. The van der Waals surface area contributed by atoms with Gasteiger partial charge in [-0.25, -0.2) is 9.69 Å². The largest absolute Gasteiger partial charge is 0.478 e. The number of thioether (sulfide) groups is 1. The van der Waals surface area contributed by atoms with E-state index >= 15 is 0 Å². The van der Waals surface area contributed by atoms with Gasteiger partial charge in [0.05, 0.1) is 16.5 Å². The Labute approximate surface area is 149 Å². The number of benzene rings is 2. The van der Waals surface area contributed by atoms with E-state index in [0.29, 0.717) is 10.6 Å². The molecule has 0 saturated carbocycles. The van der Waals surface area contributed by atoms with Crippen molar-refractivity contribution in [3.05, 3.63) is 59.2 Å². The number of hydrogen-bond donors (Lipinski definition) is 1. The minimum atomic E-state index is -1.05. The number of anilines is 1. The van der Waals surface area contributed by atoms with Gasteiger partial charge in [0, 0.05) is 11.3 Å². The number of rotatable bonds is 4. The lowest BCUT2D eigenvalue weighted by Gasteiger charge is -2.18. The Morgan fingerprint density at radius 2 is 1.88 bits per heavy atom. The third-order valence-corrected chi connectivity index (χ3v) is 5.36. The van der Waals surface area contributed by atoms with Gasteiger partial charge in [-0.15, -0.1) is 11.8 Å². The molecule has 5 nitrogen and oxygen atoms in total. The molecule has 1 atom stereocenters. The van der Waals surface area contributed by atoms with Crippen LogP contribution in [0.15, 0.2) is 47.4 Å². The van der Waals surface area contributed by atoms with Crippen LogP contribution in [0.25, 0.3) is 0 Å². The van der Waals surface area contributed by atoms with Gasteiger partial charge in [0.15, 0.2) is 0 Å². The molecule has 25 heavy (non-hydrogen) atoms. The van der Waals surface area contributed by atoms with Crippen LogP contribution in [-0.2, 0) is 9.59 Å². The zero-order valence-corrected chi connectivity index (χ0v) is 14.7. The van der Waals surface area contributed by atoms with Crippen LogP contribution in [0, 0.1) is 13.8 Å². The molecule has 1 aliphatic rings. The van der Waals surface area contributed by atoms with Crippen LogP contribution >= 0.6 is 11.8 Å². The van der Waals surface area contributed by atoms with Crippen molar-refractivity contribution >= 4 is 35.2 Å². The Hall–Kier alpha value is -2.60. The smallest absolute Gasteiger partial charge is 0.336 e. The number of carbonyl (C=O) groups is 3. The number of imide groups is 1. The molecule has 3 rings (SSSR count). The highest BCUT2D eigenvalue weighted by Gasteiger charge is 2.41. The van der Waals surface area contributed by atoms with Crippen molar-refractivity contribution in [3.8, 4) is 0 Å². The maximum absolute atomic E-state index is 12.8. The molecule has 1 fully saturated rings. The van der Waals surface area contributed by atoms with E-state index in [4.69, 9.17) is 0 Å². The average molecular weight is 355 g/mol. The molecule has 1 heterocycles. The molecular formula is C19H17NO4S. The second-order valence-corrected chi connectivity index (χ2v) is 7.21. The molecule has 2 aromatic rings. The lowest BCUT2D eigenvalue weighted by molar-refractivity contribution is -0.121. The summed E-state index contributed by atoms with van der Waals surface area (Å²) >= 11 is 1.13. The first-order chi connectivity index (χ1) is 11.9. The number of amides is 2. The Bertz CT molecular complexity index is 877. The molecule has 1 saturated heterocycles. The van der Waals surface area contributed by atoms with Gasteiger partial charge in [0.1, 0.15) is 0 Å². The minimum Gasteiger partial charge on any atom is -0.478 e.